The van der Waals surface area contributed by atoms with Crippen molar-refractivity contribution in [2.45, 2.75) is 25.6 Å². The molecule has 128 valence electrons. The second kappa shape index (κ2) is 7.77. The van der Waals surface area contributed by atoms with Gasteiger partial charge in [0.15, 0.2) is 11.6 Å². The summed E-state index contributed by atoms with van der Waals surface area (Å²) in [7, 11) is 0. The minimum Gasteiger partial charge on any atom is -0.486 e. The van der Waals surface area contributed by atoms with Crippen LogP contribution in [0.15, 0.2) is 42.5 Å². The van der Waals surface area contributed by atoms with Gasteiger partial charge in [-0.15, -0.1) is 0 Å². The lowest BCUT2D eigenvalue weighted by Gasteiger charge is -2.12. The molecule has 0 aromatic heterocycles. The summed E-state index contributed by atoms with van der Waals surface area (Å²) in [5.41, 5.74) is 1.65. The van der Waals surface area contributed by atoms with Gasteiger partial charge in [-0.3, -0.25) is 4.79 Å². The summed E-state index contributed by atoms with van der Waals surface area (Å²) in [6, 6.07) is 13.2. The van der Waals surface area contributed by atoms with E-state index in [1.807, 2.05) is 6.07 Å². The number of nitrogens with zero attached hydrogens (tertiary/aromatic N) is 1. The fraction of sp³-hybridized carbons (Fsp3) is 0.263. The Morgan fingerprint density at radius 3 is 2.96 bits per heavy atom. The van der Waals surface area contributed by atoms with Gasteiger partial charge in [-0.05, 0) is 42.7 Å². The molecule has 0 spiro atoms. The molecular weight excluding hydrogens is 323 g/mol. The van der Waals surface area contributed by atoms with Crippen LogP contribution in [-0.4, -0.2) is 18.6 Å². The van der Waals surface area contributed by atoms with Crippen molar-refractivity contribution < 1.29 is 18.7 Å². The number of nitriles is 1. The lowest BCUT2D eigenvalue weighted by Crippen LogP contribution is -2.26. The number of benzene rings is 2. The summed E-state index contributed by atoms with van der Waals surface area (Å²) < 4.78 is 24.9. The number of hydrogen-bond acceptors (Lipinski definition) is 4. The Bertz CT molecular complexity index is 811. The van der Waals surface area contributed by atoms with E-state index in [9.17, 15) is 9.18 Å². The van der Waals surface area contributed by atoms with E-state index < -0.39 is 11.9 Å². The summed E-state index contributed by atoms with van der Waals surface area (Å²) >= 11 is 0. The van der Waals surface area contributed by atoms with E-state index in [0.29, 0.717) is 24.3 Å². The average molecular weight is 340 g/mol. The molecule has 3 rings (SSSR count). The first kappa shape index (κ1) is 16.9. The summed E-state index contributed by atoms with van der Waals surface area (Å²) in [6.07, 6.45) is 1.06. The maximum Gasteiger partial charge on any atom is 0.253 e. The van der Waals surface area contributed by atoms with Crippen LogP contribution >= 0.6 is 0 Å². The lowest BCUT2D eigenvalue weighted by molar-refractivity contribution is -0.124. The van der Waals surface area contributed by atoms with Crippen molar-refractivity contribution in [3.05, 3.63) is 59.4 Å². The first-order chi connectivity index (χ1) is 12.2. The van der Waals surface area contributed by atoms with E-state index in [1.165, 1.54) is 12.1 Å². The summed E-state index contributed by atoms with van der Waals surface area (Å²) in [5.74, 6) is -0.752. The van der Waals surface area contributed by atoms with Crippen LogP contribution in [-0.2, 0) is 16.1 Å². The number of rotatable bonds is 5. The molecule has 0 saturated carbocycles. The zero-order valence-corrected chi connectivity index (χ0v) is 13.5. The molecule has 1 aliphatic heterocycles. The third-order valence-electron chi connectivity index (χ3n) is 3.87. The topological polar surface area (TPSA) is 71.3 Å². The largest absolute Gasteiger partial charge is 0.486 e. The van der Waals surface area contributed by atoms with Crippen LogP contribution in [0.5, 0.6) is 5.75 Å². The van der Waals surface area contributed by atoms with Gasteiger partial charge in [0, 0.05) is 18.4 Å². The molecule has 1 atom stereocenters. The van der Waals surface area contributed by atoms with Gasteiger partial charge in [-0.2, -0.15) is 5.26 Å². The van der Waals surface area contributed by atoms with Gasteiger partial charge in [0.1, 0.15) is 12.7 Å². The Labute approximate surface area is 145 Å². The highest BCUT2D eigenvalue weighted by Crippen LogP contribution is 2.23. The lowest BCUT2D eigenvalue weighted by atomic mass is 10.1. The summed E-state index contributed by atoms with van der Waals surface area (Å²) in [5, 5.41) is 11.5. The van der Waals surface area contributed by atoms with E-state index in [4.69, 9.17) is 14.7 Å². The van der Waals surface area contributed by atoms with E-state index in [-0.39, 0.29) is 18.3 Å². The van der Waals surface area contributed by atoms with Crippen LogP contribution in [0.1, 0.15) is 24.0 Å². The maximum atomic E-state index is 14.2. The quantitative estimate of drug-likeness (QED) is 0.905. The standard InChI is InChI=1S/C19H17FN2O3/c20-16-10-15(22-19(23)18-5-2-8-24-18)6-7-17(16)25-12-14-4-1-3-13(9-14)11-21/h1,3-4,6-7,9-10,18H,2,5,8,12H2,(H,22,23)/t18-/m0/s1. The van der Waals surface area contributed by atoms with E-state index in [2.05, 4.69) is 5.32 Å². The Balaban J connectivity index is 1.61. The number of hydrogen-bond donors (Lipinski definition) is 1. The maximum absolute atomic E-state index is 14.2. The molecule has 0 radical (unpaired) electrons. The van der Waals surface area contributed by atoms with E-state index in [1.54, 1.807) is 30.3 Å². The molecule has 0 aliphatic carbocycles. The molecule has 1 heterocycles. The van der Waals surface area contributed by atoms with Gasteiger partial charge < -0.3 is 14.8 Å². The fourth-order valence-corrected chi connectivity index (χ4v) is 2.59. The van der Waals surface area contributed by atoms with Crippen molar-refractivity contribution in [1.82, 2.24) is 0 Å². The Morgan fingerprint density at radius 1 is 1.36 bits per heavy atom. The van der Waals surface area contributed by atoms with Gasteiger partial charge in [0.05, 0.1) is 11.6 Å². The Morgan fingerprint density at radius 2 is 2.24 bits per heavy atom. The van der Waals surface area contributed by atoms with Crippen LogP contribution in [0.3, 0.4) is 0 Å². The SMILES string of the molecule is N#Cc1cccc(COc2ccc(NC(=O)[C@@H]3CCCO3)cc2F)c1. The third kappa shape index (κ3) is 4.34. The van der Waals surface area contributed by atoms with Gasteiger partial charge in [-0.1, -0.05) is 12.1 Å². The Kier molecular flexibility index (Phi) is 5.26. The molecule has 0 bridgehead atoms. The molecule has 6 heteroatoms. The van der Waals surface area contributed by atoms with Crippen LogP contribution in [0, 0.1) is 17.1 Å². The van der Waals surface area contributed by atoms with Gasteiger partial charge in [0.25, 0.3) is 5.91 Å². The average Bonchev–Trinajstić information content (AvgIpc) is 3.16. The normalized spacial score (nSPS) is 16.2. The molecule has 1 N–H and O–H groups in total. The van der Waals surface area contributed by atoms with E-state index in [0.717, 1.165) is 12.0 Å². The van der Waals surface area contributed by atoms with Crippen LogP contribution < -0.4 is 10.1 Å². The molecular formula is C19H17FN2O3. The number of ether oxygens (including phenoxy) is 2. The number of halogens is 1. The molecule has 1 fully saturated rings. The van der Waals surface area contributed by atoms with Gasteiger partial charge >= 0.3 is 0 Å². The zero-order valence-electron chi connectivity index (χ0n) is 13.5. The molecule has 0 unspecified atom stereocenters. The predicted octanol–water partition coefficient (Wildman–Crippen LogP) is 3.39. The van der Waals surface area contributed by atoms with Gasteiger partial charge in [0.2, 0.25) is 0 Å². The highest BCUT2D eigenvalue weighted by atomic mass is 19.1. The monoisotopic (exact) mass is 340 g/mol. The van der Waals surface area contributed by atoms with Crippen molar-refractivity contribution in [2.75, 3.05) is 11.9 Å². The summed E-state index contributed by atoms with van der Waals surface area (Å²) in [4.78, 5) is 12.0. The number of amides is 1. The first-order valence-corrected chi connectivity index (χ1v) is 7.99. The molecule has 1 amide bonds. The van der Waals surface area contributed by atoms with Crippen molar-refractivity contribution in [3.8, 4) is 11.8 Å². The van der Waals surface area contributed by atoms with Crippen molar-refractivity contribution in [1.29, 1.82) is 5.26 Å². The number of anilines is 1. The molecule has 25 heavy (non-hydrogen) atoms. The molecule has 2 aromatic carbocycles. The fourth-order valence-electron chi connectivity index (χ4n) is 2.59. The van der Waals surface area contributed by atoms with Crippen molar-refractivity contribution in [2.24, 2.45) is 0 Å². The molecule has 1 saturated heterocycles. The second-order valence-electron chi connectivity index (χ2n) is 5.74. The highest BCUT2D eigenvalue weighted by Gasteiger charge is 2.23. The number of carbonyl (C=O) groups excluding carboxylic acids is 1. The minimum atomic E-state index is -0.568. The predicted molar refractivity (Wildman–Crippen MR) is 89.5 cm³/mol. The second-order valence-corrected chi connectivity index (χ2v) is 5.74. The zero-order chi connectivity index (χ0) is 17.6. The van der Waals surface area contributed by atoms with E-state index >= 15 is 0 Å². The van der Waals surface area contributed by atoms with Crippen molar-refractivity contribution in [3.63, 3.8) is 0 Å². The third-order valence-corrected chi connectivity index (χ3v) is 3.87. The smallest absolute Gasteiger partial charge is 0.253 e. The minimum absolute atomic E-state index is 0.0810. The Hall–Kier alpha value is -2.91. The van der Waals surface area contributed by atoms with Crippen molar-refractivity contribution >= 4 is 11.6 Å². The summed E-state index contributed by atoms with van der Waals surface area (Å²) in [6.45, 7) is 0.723. The highest BCUT2D eigenvalue weighted by molar-refractivity contribution is 5.94. The van der Waals surface area contributed by atoms with Crippen LogP contribution in [0.25, 0.3) is 0 Å². The number of carbonyl (C=O) groups is 1. The molecule has 2 aromatic rings. The number of nitrogens with one attached hydrogen (secondary N) is 1. The molecule has 1 aliphatic rings. The van der Waals surface area contributed by atoms with Crippen LogP contribution in [0.2, 0.25) is 0 Å². The molecule has 5 nitrogen and oxygen atoms in total. The van der Waals surface area contributed by atoms with Crippen LogP contribution in [0.4, 0.5) is 10.1 Å². The van der Waals surface area contributed by atoms with Gasteiger partial charge in [-0.25, -0.2) is 4.39 Å². The first-order valence-electron chi connectivity index (χ1n) is 7.99.